The van der Waals surface area contributed by atoms with E-state index >= 15 is 0 Å². The summed E-state index contributed by atoms with van der Waals surface area (Å²) in [7, 11) is 0. The summed E-state index contributed by atoms with van der Waals surface area (Å²) in [6.45, 7) is 1.30. The average Bonchev–Trinajstić information content (AvgIpc) is 2.50. The minimum Gasteiger partial charge on any atom is -0.382 e. The number of aliphatic hydroxyl groups excluding tert-OH is 1. The standard InChI is InChI=1S/C8H11F3N2O/c1-2-7-12-3-4-13(7)5-6(14)8(9,10)11/h3-4,6,14H,2,5H2,1H3. The first-order chi connectivity index (χ1) is 6.45. The summed E-state index contributed by atoms with van der Waals surface area (Å²) in [4.78, 5) is 3.85. The SMILES string of the molecule is CCc1nccn1CC(O)C(F)(F)F. The van der Waals surface area contributed by atoms with E-state index in [0.29, 0.717) is 12.2 Å². The van der Waals surface area contributed by atoms with Crippen molar-refractivity contribution in [1.29, 1.82) is 0 Å². The molecule has 1 aromatic rings. The molecule has 0 radical (unpaired) electrons. The Morgan fingerprint density at radius 3 is 2.71 bits per heavy atom. The lowest BCUT2D eigenvalue weighted by Crippen LogP contribution is -2.33. The minimum absolute atomic E-state index is 0.493. The average molecular weight is 208 g/mol. The Balaban J connectivity index is 2.69. The third kappa shape index (κ3) is 2.47. The van der Waals surface area contributed by atoms with Gasteiger partial charge in [-0.3, -0.25) is 0 Å². The van der Waals surface area contributed by atoms with E-state index in [9.17, 15) is 13.2 Å². The molecular weight excluding hydrogens is 197 g/mol. The zero-order valence-corrected chi connectivity index (χ0v) is 7.62. The highest BCUT2D eigenvalue weighted by molar-refractivity contribution is 4.92. The van der Waals surface area contributed by atoms with Gasteiger partial charge in [-0.25, -0.2) is 4.98 Å². The molecule has 1 heterocycles. The highest BCUT2D eigenvalue weighted by atomic mass is 19.4. The van der Waals surface area contributed by atoms with Crippen LogP contribution >= 0.6 is 0 Å². The van der Waals surface area contributed by atoms with E-state index < -0.39 is 18.8 Å². The predicted molar refractivity (Wildman–Crippen MR) is 43.7 cm³/mol. The van der Waals surface area contributed by atoms with Gasteiger partial charge in [0.25, 0.3) is 0 Å². The quantitative estimate of drug-likeness (QED) is 0.814. The number of halogens is 3. The van der Waals surface area contributed by atoms with Crippen LogP contribution in [-0.2, 0) is 13.0 Å². The lowest BCUT2D eigenvalue weighted by atomic mass is 10.3. The second-order valence-electron chi connectivity index (χ2n) is 2.91. The van der Waals surface area contributed by atoms with Gasteiger partial charge in [-0.1, -0.05) is 6.92 Å². The third-order valence-corrected chi connectivity index (χ3v) is 1.87. The van der Waals surface area contributed by atoms with Crippen molar-refractivity contribution < 1.29 is 18.3 Å². The number of imidazole rings is 1. The lowest BCUT2D eigenvalue weighted by molar-refractivity contribution is -0.207. The molecule has 1 rings (SSSR count). The first kappa shape index (κ1) is 11.0. The molecule has 0 aromatic carbocycles. The number of nitrogens with zero attached hydrogens (tertiary/aromatic N) is 2. The zero-order chi connectivity index (χ0) is 10.8. The van der Waals surface area contributed by atoms with Crippen LogP contribution in [0.2, 0.25) is 0 Å². The smallest absolute Gasteiger partial charge is 0.382 e. The van der Waals surface area contributed by atoms with Crippen LogP contribution in [-0.4, -0.2) is 26.9 Å². The van der Waals surface area contributed by atoms with Crippen molar-refractivity contribution in [1.82, 2.24) is 9.55 Å². The van der Waals surface area contributed by atoms with Gasteiger partial charge in [0.05, 0.1) is 6.54 Å². The van der Waals surface area contributed by atoms with Crippen molar-refractivity contribution in [2.45, 2.75) is 32.2 Å². The summed E-state index contributed by atoms with van der Waals surface area (Å²) < 4.78 is 37.3. The lowest BCUT2D eigenvalue weighted by Gasteiger charge is -2.15. The molecule has 0 saturated heterocycles. The van der Waals surface area contributed by atoms with E-state index in [0.717, 1.165) is 0 Å². The van der Waals surface area contributed by atoms with Gasteiger partial charge in [-0.05, 0) is 0 Å². The van der Waals surface area contributed by atoms with E-state index in [-0.39, 0.29) is 0 Å². The summed E-state index contributed by atoms with van der Waals surface area (Å²) in [5, 5.41) is 8.80. The molecule has 80 valence electrons. The molecule has 0 aliphatic rings. The summed E-state index contributed by atoms with van der Waals surface area (Å²) in [6.07, 6.45) is -3.52. The van der Waals surface area contributed by atoms with Crippen LogP contribution in [0.15, 0.2) is 12.4 Å². The number of rotatable bonds is 3. The number of aliphatic hydroxyl groups is 1. The topological polar surface area (TPSA) is 38.0 Å². The molecule has 0 amide bonds. The van der Waals surface area contributed by atoms with Crippen molar-refractivity contribution in [2.24, 2.45) is 0 Å². The van der Waals surface area contributed by atoms with Crippen LogP contribution in [0.25, 0.3) is 0 Å². The Kier molecular flexibility index (Phi) is 3.15. The first-order valence-corrected chi connectivity index (χ1v) is 4.20. The van der Waals surface area contributed by atoms with Gasteiger partial charge in [0, 0.05) is 18.8 Å². The highest BCUT2D eigenvalue weighted by Gasteiger charge is 2.38. The molecule has 14 heavy (non-hydrogen) atoms. The van der Waals surface area contributed by atoms with Gasteiger partial charge in [0.15, 0.2) is 6.10 Å². The van der Waals surface area contributed by atoms with E-state index in [1.54, 1.807) is 6.92 Å². The molecule has 0 aliphatic carbocycles. The van der Waals surface area contributed by atoms with Crippen LogP contribution in [0.4, 0.5) is 13.2 Å². The maximum absolute atomic E-state index is 12.0. The summed E-state index contributed by atoms with van der Waals surface area (Å²) in [5.74, 6) is 0.535. The van der Waals surface area contributed by atoms with Crippen molar-refractivity contribution in [2.75, 3.05) is 0 Å². The monoisotopic (exact) mass is 208 g/mol. The van der Waals surface area contributed by atoms with Gasteiger partial charge in [-0.2, -0.15) is 13.2 Å². The number of aryl methyl sites for hydroxylation is 1. The van der Waals surface area contributed by atoms with Crippen LogP contribution in [0.3, 0.4) is 0 Å². The molecule has 6 heteroatoms. The number of aromatic nitrogens is 2. The normalized spacial score (nSPS) is 14.4. The molecule has 0 aliphatic heterocycles. The van der Waals surface area contributed by atoms with E-state index in [4.69, 9.17) is 5.11 Å². The molecule has 0 fully saturated rings. The third-order valence-electron chi connectivity index (χ3n) is 1.87. The zero-order valence-electron chi connectivity index (χ0n) is 7.62. The van der Waals surface area contributed by atoms with Crippen LogP contribution in [0.5, 0.6) is 0 Å². The fourth-order valence-corrected chi connectivity index (χ4v) is 1.11. The highest BCUT2D eigenvalue weighted by Crippen LogP contribution is 2.21. The van der Waals surface area contributed by atoms with E-state index in [1.165, 1.54) is 17.0 Å². The molecule has 1 atom stereocenters. The Bertz CT molecular complexity index is 295. The minimum atomic E-state index is -4.57. The predicted octanol–water partition coefficient (Wildman–Crippen LogP) is 1.37. The van der Waals surface area contributed by atoms with E-state index in [1.807, 2.05) is 0 Å². The van der Waals surface area contributed by atoms with Crippen molar-refractivity contribution in [3.8, 4) is 0 Å². The molecule has 0 saturated carbocycles. The van der Waals surface area contributed by atoms with Crippen LogP contribution < -0.4 is 0 Å². The van der Waals surface area contributed by atoms with Gasteiger partial charge in [0.2, 0.25) is 0 Å². The molecule has 0 spiro atoms. The van der Waals surface area contributed by atoms with Crippen molar-refractivity contribution >= 4 is 0 Å². The Morgan fingerprint density at radius 2 is 2.21 bits per heavy atom. The number of hydrogen-bond acceptors (Lipinski definition) is 2. The first-order valence-electron chi connectivity index (χ1n) is 4.20. The van der Waals surface area contributed by atoms with Crippen LogP contribution in [0, 0.1) is 0 Å². The molecule has 1 aromatic heterocycles. The number of hydrogen-bond donors (Lipinski definition) is 1. The second-order valence-corrected chi connectivity index (χ2v) is 2.91. The summed E-state index contributed by atoms with van der Waals surface area (Å²) in [6, 6.07) is 0. The van der Waals surface area contributed by atoms with Gasteiger partial charge in [0.1, 0.15) is 5.82 Å². The second kappa shape index (κ2) is 4.00. The maximum atomic E-state index is 12.0. The molecule has 0 bridgehead atoms. The molecular formula is C8H11F3N2O. The fourth-order valence-electron chi connectivity index (χ4n) is 1.11. The fraction of sp³-hybridized carbons (Fsp3) is 0.625. The summed E-state index contributed by atoms with van der Waals surface area (Å²) >= 11 is 0. The van der Waals surface area contributed by atoms with Crippen LogP contribution in [0.1, 0.15) is 12.7 Å². The number of alkyl halides is 3. The largest absolute Gasteiger partial charge is 0.416 e. The van der Waals surface area contributed by atoms with E-state index in [2.05, 4.69) is 4.98 Å². The summed E-state index contributed by atoms with van der Waals surface area (Å²) in [5.41, 5.74) is 0. The Morgan fingerprint density at radius 1 is 1.57 bits per heavy atom. The molecule has 1 N–H and O–H groups in total. The molecule has 3 nitrogen and oxygen atoms in total. The van der Waals surface area contributed by atoms with Gasteiger partial charge < -0.3 is 9.67 Å². The Hall–Kier alpha value is -1.04. The Labute approximate surface area is 79.2 Å². The van der Waals surface area contributed by atoms with Gasteiger partial charge >= 0.3 is 6.18 Å². The maximum Gasteiger partial charge on any atom is 0.416 e. The van der Waals surface area contributed by atoms with Gasteiger partial charge in [-0.15, -0.1) is 0 Å². The van der Waals surface area contributed by atoms with Crippen molar-refractivity contribution in [3.63, 3.8) is 0 Å². The van der Waals surface area contributed by atoms with Crippen molar-refractivity contribution in [3.05, 3.63) is 18.2 Å². The molecule has 1 unspecified atom stereocenters.